The van der Waals surface area contributed by atoms with Crippen LogP contribution in [0.2, 0.25) is 0 Å². The Morgan fingerprint density at radius 1 is 1.16 bits per heavy atom. The van der Waals surface area contributed by atoms with Crippen molar-refractivity contribution in [3.05, 3.63) is 29.6 Å². The maximum Gasteiger partial charge on any atom is 0.317 e. The van der Waals surface area contributed by atoms with E-state index in [2.05, 4.69) is 4.98 Å². The van der Waals surface area contributed by atoms with Crippen LogP contribution in [-0.4, -0.2) is 98.4 Å². The molecule has 4 unspecified atom stereocenters. The van der Waals surface area contributed by atoms with Crippen LogP contribution >= 0.6 is 0 Å². The second kappa shape index (κ2) is 11.1. The van der Waals surface area contributed by atoms with Gasteiger partial charge in [-0.25, -0.2) is 0 Å². The molecule has 0 bridgehead atoms. The van der Waals surface area contributed by atoms with E-state index in [1.165, 1.54) is 13.3 Å². The van der Waals surface area contributed by atoms with Gasteiger partial charge in [-0.1, -0.05) is 18.9 Å². The average molecular weight is 453 g/mol. The van der Waals surface area contributed by atoms with E-state index in [1.54, 1.807) is 17.0 Å². The quantitative estimate of drug-likeness (QED) is 0.250. The molecule has 1 aromatic heterocycles. The summed E-state index contributed by atoms with van der Waals surface area (Å²) in [4.78, 5) is 31.1. The molecular weight excluding hydrogens is 422 g/mol. The third-order valence-electron chi connectivity index (χ3n) is 6.00. The van der Waals surface area contributed by atoms with Crippen molar-refractivity contribution < 1.29 is 39.5 Å². The summed E-state index contributed by atoms with van der Waals surface area (Å²) in [6.45, 7) is 0.114. The fourth-order valence-electron chi connectivity index (χ4n) is 4.42. The minimum Gasteiger partial charge on any atom is -0.480 e. The summed E-state index contributed by atoms with van der Waals surface area (Å²) in [5.41, 5.74) is 1.13. The predicted octanol–water partition coefficient (Wildman–Crippen LogP) is 0.0205. The maximum absolute atomic E-state index is 11.6. The van der Waals surface area contributed by atoms with Crippen LogP contribution in [0.1, 0.15) is 43.2 Å². The summed E-state index contributed by atoms with van der Waals surface area (Å²) >= 11 is 0. The SMILES string of the molecule is COC(O)c1ccc(CN(CC(=O)O)[C@H]2CCCCC2N(CC(=O)O)CC2OC2O)nc1. The minimum atomic E-state index is -1.08. The molecule has 2 fully saturated rings. The zero-order valence-corrected chi connectivity index (χ0v) is 18.0. The molecule has 4 N–H and O–H groups in total. The lowest BCUT2D eigenvalue weighted by Crippen LogP contribution is -2.56. The minimum absolute atomic E-state index is 0.190. The van der Waals surface area contributed by atoms with Crippen LogP contribution in [0.4, 0.5) is 0 Å². The second-order valence-electron chi connectivity index (χ2n) is 8.28. The number of methoxy groups -OCH3 is 1. The van der Waals surface area contributed by atoms with Gasteiger partial charge in [0.1, 0.15) is 6.10 Å². The number of carboxylic acids is 2. The van der Waals surface area contributed by atoms with Crippen LogP contribution in [-0.2, 0) is 25.6 Å². The molecule has 32 heavy (non-hydrogen) atoms. The average Bonchev–Trinajstić information content (AvgIpc) is 3.46. The van der Waals surface area contributed by atoms with Crippen LogP contribution in [0, 0.1) is 0 Å². The fraction of sp³-hybridized carbons (Fsp3) is 0.667. The van der Waals surface area contributed by atoms with E-state index in [4.69, 9.17) is 9.47 Å². The highest BCUT2D eigenvalue weighted by Gasteiger charge is 2.43. The van der Waals surface area contributed by atoms with E-state index in [9.17, 15) is 30.0 Å². The first-order valence-corrected chi connectivity index (χ1v) is 10.7. The zero-order valence-electron chi connectivity index (χ0n) is 18.0. The number of hydrogen-bond donors (Lipinski definition) is 4. The van der Waals surface area contributed by atoms with E-state index in [0.29, 0.717) is 11.3 Å². The number of carboxylic acid groups (broad SMARTS) is 2. The van der Waals surface area contributed by atoms with E-state index < -0.39 is 30.6 Å². The third-order valence-corrected chi connectivity index (χ3v) is 6.00. The lowest BCUT2D eigenvalue weighted by Gasteiger charge is -2.44. The molecule has 0 spiro atoms. The van der Waals surface area contributed by atoms with Gasteiger partial charge in [0.25, 0.3) is 0 Å². The Morgan fingerprint density at radius 2 is 1.75 bits per heavy atom. The number of pyridine rings is 1. The highest BCUT2D eigenvalue weighted by Crippen LogP contribution is 2.30. The molecule has 0 radical (unpaired) electrons. The first-order chi connectivity index (χ1) is 15.3. The Bertz CT molecular complexity index is 777. The highest BCUT2D eigenvalue weighted by atomic mass is 16.7. The van der Waals surface area contributed by atoms with Gasteiger partial charge in [0, 0.05) is 44.0 Å². The lowest BCUT2D eigenvalue weighted by molar-refractivity contribution is -0.142. The number of aromatic nitrogens is 1. The van der Waals surface area contributed by atoms with Crippen molar-refractivity contribution in [1.82, 2.24) is 14.8 Å². The Hall–Kier alpha value is -2.15. The Balaban J connectivity index is 1.79. The molecule has 1 aliphatic heterocycles. The molecule has 1 aromatic rings. The summed E-state index contributed by atoms with van der Waals surface area (Å²) in [6.07, 6.45) is 2.37. The number of aliphatic carboxylic acids is 2. The standard InChI is InChI=1S/C21H31N3O8/c1-31-20(29)13-6-7-14(22-8-13)9-23(11-18(25)26)15-4-2-3-5-16(15)24(12-19(27)28)10-17-21(30)32-17/h6-8,15-17,20-21,29-30H,2-5,9-12H2,1H3,(H,25,26)(H,27,28)/t15-,16?,17?,20?,21?/m0/s1. The molecule has 178 valence electrons. The molecule has 2 heterocycles. The number of ether oxygens (including phenoxy) is 2. The third kappa shape index (κ3) is 6.67. The van der Waals surface area contributed by atoms with E-state index >= 15 is 0 Å². The molecule has 0 amide bonds. The summed E-state index contributed by atoms with van der Waals surface area (Å²) in [7, 11) is 1.38. The van der Waals surface area contributed by atoms with Gasteiger partial charge in [-0.15, -0.1) is 0 Å². The van der Waals surface area contributed by atoms with E-state index in [1.807, 2.05) is 4.90 Å². The van der Waals surface area contributed by atoms with Crippen LogP contribution < -0.4 is 0 Å². The van der Waals surface area contributed by atoms with Crippen LogP contribution in [0.25, 0.3) is 0 Å². The van der Waals surface area contributed by atoms with Gasteiger partial charge in [0.2, 0.25) is 0 Å². The molecule has 1 aliphatic carbocycles. The predicted molar refractivity (Wildman–Crippen MR) is 110 cm³/mol. The smallest absolute Gasteiger partial charge is 0.317 e. The van der Waals surface area contributed by atoms with Crippen LogP contribution in [0.3, 0.4) is 0 Å². The number of nitrogens with zero attached hydrogens (tertiary/aromatic N) is 3. The number of rotatable bonds is 12. The Morgan fingerprint density at radius 3 is 2.25 bits per heavy atom. The van der Waals surface area contributed by atoms with Crippen molar-refractivity contribution in [3.8, 4) is 0 Å². The van der Waals surface area contributed by atoms with Gasteiger partial charge in [-0.2, -0.15) is 0 Å². The van der Waals surface area contributed by atoms with Crippen molar-refractivity contribution in [3.63, 3.8) is 0 Å². The van der Waals surface area contributed by atoms with Crippen molar-refractivity contribution in [2.45, 2.75) is 63.0 Å². The first kappa shape index (κ1) is 24.5. The molecule has 0 aromatic carbocycles. The molecule has 11 heteroatoms. The molecule has 5 atom stereocenters. The molecule has 1 saturated heterocycles. The van der Waals surface area contributed by atoms with Crippen molar-refractivity contribution >= 4 is 11.9 Å². The maximum atomic E-state index is 11.6. The van der Waals surface area contributed by atoms with Gasteiger partial charge in [-0.3, -0.25) is 24.4 Å². The van der Waals surface area contributed by atoms with Crippen LogP contribution in [0.15, 0.2) is 18.3 Å². The lowest BCUT2D eigenvalue weighted by atomic mass is 9.87. The highest BCUT2D eigenvalue weighted by molar-refractivity contribution is 5.69. The first-order valence-electron chi connectivity index (χ1n) is 10.7. The van der Waals surface area contributed by atoms with E-state index in [0.717, 1.165) is 25.7 Å². The van der Waals surface area contributed by atoms with Gasteiger partial charge >= 0.3 is 11.9 Å². The number of hydrogen-bond acceptors (Lipinski definition) is 9. The Labute approximate surface area is 186 Å². The number of aliphatic hydroxyl groups excluding tert-OH is 2. The second-order valence-corrected chi connectivity index (χ2v) is 8.28. The van der Waals surface area contributed by atoms with Crippen molar-refractivity contribution in [1.29, 1.82) is 0 Å². The molecule has 11 nitrogen and oxygen atoms in total. The molecule has 3 rings (SSSR count). The zero-order chi connectivity index (χ0) is 23.3. The van der Waals surface area contributed by atoms with E-state index in [-0.39, 0.29) is 38.3 Å². The Kier molecular flexibility index (Phi) is 8.51. The number of epoxide rings is 1. The van der Waals surface area contributed by atoms with Crippen molar-refractivity contribution in [2.24, 2.45) is 0 Å². The molecule has 1 saturated carbocycles. The molecule has 2 aliphatic rings. The summed E-state index contributed by atoms with van der Waals surface area (Å²) < 4.78 is 9.96. The normalized spacial score (nSPS) is 26.3. The van der Waals surface area contributed by atoms with Gasteiger partial charge in [0.05, 0.1) is 18.8 Å². The molecular formula is C21H31N3O8. The number of carbonyl (C=O) groups is 2. The van der Waals surface area contributed by atoms with Crippen LogP contribution in [0.5, 0.6) is 0 Å². The van der Waals surface area contributed by atoms with Gasteiger partial charge in [0.15, 0.2) is 12.6 Å². The fourth-order valence-corrected chi connectivity index (χ4v) is 4.42. The topological polar surface area (TPSA) is 156 Å². The summed E-state index contributed by atoms with van der Waals surface area (Å²) in [5, 5.41) is 38.3. The summed E-state index contributed by atoms with van der Waals surface area (Å²) in [6, 6.07) is 3.01. The number of aliphatic hydroxyl groups is 2. The van der Waals surface area contributed by atoms with Gasteiger partial charge < -0.3 is 29.9 Å². The largest absolute Gasteiger partial charge is 0.480 e. The van der Waals surface area contributed by atoms with Gasteiger partial charge in [-0.05, 0) is 18.9 Å². The van der Waals surface area contributed by atoms with Crippen molar-refractivity contribution in [2.75, 3.05) is 26.7 Å². The summed E-state index contributed by atoms with van der Waals surface area (Å²) in [5.74, 6) is -1.96. The monoisotopic (exact) mass is 453 g/mol.